The highest BCUT2D eigenvalue weighted by Crippen LogP contribution is 2.16. The van der Waals surface area contributed by atoms with E-state index in [1.54, 1.807) is 6.08 Å². The van der Waals surface area contributed by atoms with Gasteiger partial charge in [-0.3, -0.25) is 4.79 Å². The SMILES string of the molecule is CCCC/C=C/C(=O)c1ccccc1Br. The number of rotatable bonds is 5. The largest absolute Gasteiger partial charge is 0.289 e. The van der Waals surface area contributed by atoms with Crippen molar-refractivity contribution in [2.24, 2.45) is 0 Å². The zero-order chi connectivity index (χ0) is 11.1. The number of allylic oxidation sites excluding steroid dienone is 2. The number of benzene rings is 1. The van der Waals surface area contributed by atoms with E-state index in [1.165, 1.54) is 0 Å². The van der Waals surface area contributed by atoms with Crippen molar-refractivity contribution < 1.29 is 4.79 Å². The molecule has 80 valence electrons. The minimum atomic E-state index is 0.0681. The quantitative estimate of drug-likeness (QED) is 0.439. The average molecular weight is 267 g/mol. The third-order valence-electron chi connectivity index (χ3n) is 2.13. The van der Waals surface area contributed by atoms with E-state index in [9.17, 15) is 4.79 Å². The summed E-state index contributed by atoms with van der Waals surface area (Å²) >= 11 is 3.36. The fraction of sp³-hybridized carbons (Fsp3) is 0.308. The van der Waals surface area contributed by atoms with E-state index in [2.05, 4.69) is 22.9 Å². The van der Waals surface area contributed by atoms with Crippen molar-refractivity contribution in [1.29, 1.82) is 0 Å². The highest BCUT2D eigenvalue weighted by molar-refractivity contribution is 9.10. The molecule has 1 aromatic rings. The van der Waals surface area contributed by atoms with Crippen LogP contribution in [0.25, 0.3) is 0 Å². The molecule has 0 N–H and O–H groups in total. The number of hydrogen-bond acceptors (Lipinski definition) is 1. The van der Waals surface area contributed by atoms with Gasteiger partial charge in [-0.1, -0.05) is 53.9 Å². The third-order valence-corrected chi connectivity index (χ3v) is 2.82. The molecule has 0 heterocycles. The monoisotopic (exact) mass is 266 g/mol. The van der Waals surface area contributed by atoms with Crippen molar-refractivity contribution in [1.82, 2.24) is 0 Å². The zero-order valence-electron chi connectivity index (χ0n) is 8.87. The van der Waals surface area contributed by atoms with Gasteiger partial charge in [0.1, 0.15) is 0 Å². The first kappa shape index (κ1) is 12.2. The van der Waals surface area contributed by atoms with Gasteiger partial charge >= 0.3 is 0 Å². The molecule has 0 aromatic heterocycles. The molecule has 1 rings (SSSR count). The van der Waals surface area contributed by atoms with Crippen LogP contribution in [0, 0.1) is 0 Å². The van der Waals surface area contributed by atoms with E-state index in [0.29, 0.717) is 0 Å². The number of unbranched alkanes of at least 4 members (excludes halogenated alkanes) is 2. The molecular formula is C13H15BrO. The van der Waals surface area contributed by atoms with Crippen LogP contribution in [0.4, 0.5) is 0 Å². The van der Waals surface area contributed by atoms with Crippen LogP contribution in [-0.2, 0) is 0 Å². The lowest BCUT2D eigenvalue weighted by atomic mass is 10.1. The van der Waals surface area contributed by atoms with E-state index in [1.807, 2.05) is 30.3 Å². The number of carbonyl (C=O) groups is 1. The van der Waals surface area contributed by atoms with Crippen LogP contribution in [0.3, 0.4) is 0 Å². The van der Waals surface area contributed by atoms with Gasteiger partial charge in [-0.05, 0) is 24.6 Å². The van der Waals surface area contributed by atoms with Crippen LogP contribution in [0.1, 0.15) is 36.5 Å². The second kappa shape index (κ2) is 6.57. The second-order valence-corrected chi connectivity index (χ2v) is 4.24. The molecule has 0 atom stereocenters. The van der Waals surface area contributed by atoms with Gasteiger partial charge in [-0.2, -0.15) is 0 Å². The Hall–Kier alpha value is -0.890. The summed E-state index contributed by atoms with van der Waals surface area (Å²) in [6.45, 7) is 2.14. The van der Waals surface area contributed by atoms with E-state index < -0.39 is 0 Å². The van der Waals surface area contributed by atoms with Gasteiger partial charge in [0.15, 0.2) is 5.78 Å². The molecule has 1 aromatic carbocycles. The molecule has 0 aliphatic rings. The molecule has 0 amide bonds. The van der Waals surface area contributed by atoms with Crippen molar-refractivity contribution in [3.63, 3.8) is 0 Å². The van der Waals surface area contributed by atoms with Gasteiger partial charge in [0.05, 0.1) is 0 Å². The zero-order valence-corrected chi connectivity index (χ0v) is 10.5. The lowest BCUT2D eigenvalue weighted by Crippen LogP contribution is -1.94. The number of halogens is 1. The molecule has 0 aliphatic heterocycles. The summed E-state index contributed by atoms with van der Waals surface area (Å²) in [4.78, 5) is 11.7. The van der Waals surface area contributed by atoms with Gasteiger partial charge in [-0.25, -0.2) is 0 Å². The summed E-state index contributed by atoms with van der Waals surface area (Å²) in [5.41, 5.74) is 0.727. The van der Waals surface area contributed by atoms with Gasteiger partial charge in [0.25, 0.3) is 0 Å². The van der Waals surface area contributed by atoms with Gasteiger partial charge in [0.2, 0.25) is 0 Å². The Morgan fingerprint density at radius 2 is 2.13 bits per heavy atom. The standard InChI is InChI=1S/C13H15BrO/c1-2-3-4-5-10-13(15)11-8-6-7-9-12(11)14/h5-10H,2-4H2,1H3/b10-5+. The molecule has 0 fully saturated rings. The maximum absolute atomic E-state index is 11.7. The highest BCUT2D eigenvalue weighted by Gasteiger charge is 2.04. The predicted octanol–water partition coefficient (Wildman–Crippen LogP) is 4.38. The van der Waals surface area contributed by atoms with Gasteiger partial charge < -0.3 is 0 Å². The first-order chi connectivity index (χ1) is 7.25. The first-order valence-electron chi connectivity index (χ1n) is 5.21. The molecule has 1 nitrogen and oxygen atoms in total. The fourth-order valence-corrected chi connectivity index (χ4v) is 1.74. The number of carbonyl (C=O) groups excluding carboxylic acids is 1. The summed E-state index contributed by atoms with van der Waals surface area (Å²) in [5, 5.41) is 0. The maximum Gasteiger partial charge on any atom is 0.186 e. The smallest absolute Gasteiger partial charge is 0.186 e. The Balaban J connectivity index is 2.61. The average Bonchev–Trinajstić information content (AvgIpc) is 2.25. The Kier molecular flexibility index (Phi) is 5.33. The molecule has 15 heavy (non-hydrogen) atoms. The maximum atomic E-state index is 11.7. The molecule has 0 radical (unpaired) electrons. The summed E-state index contributed by atoms with van der Waals surface area (Å²) in [7, 11) is 0. The minimum absolute atomic E-state index is 0.0681. The second-order valence-electron chi connectivity index (χ2n) is 3.39. The molecule has 0 saturated heterocycles. The van der Waals surface area contributed by atoms with Crippen LogP contribution in [0.5, 0.6) is 0 Å². The normalized spacial score (nSPS) is 10.8. The van der Waals surface area contributed by atoms with E-state index in [4.69, 9.17) is 0 Å². The molecule has 0 saturated carbocycles. The molecule has 0 aliphatic carbocycles. The first-order valence-corrected chi connectivity index (χ1v) is 6.00. The summed E-state index contributed by atoms with van der Waals surface area (Å²) in [6.07, 6.45) is 6.89. The minimum Gasteiger partial charge on any atom is -0.289 e. The molecule has 0 spiro atoms. The van der Waals surface area contributed by atoms with E-state index in [-0.39, 0.29) is 5.78 Å². The lowest BCUT2D eigenvalue weighted by Gasteiger charge is -1.98. The van der Waals surface area contributed by atoms with Crippen LogP contribution in [0.15, 0.2) is 40.9 Å². The van der Waals surface area contributed by atoms with Crippen molar-refractivity contribution in [2.45, 2.75) is 26.2 Å². The van der Waals surface area contributed by atoms with Crippen molar-refractivity contribution >= 4 is 21.7 Å². The Bertz CT molecular complexity index is 355. The Morgan fingerprint density at radius 3 is 2.80 bits per heavy atom. The predicted molar refractivity (Wildman–Crippen MR) is 67.1 cm³/mol. The Morgan fingerprint density at radius 1 is 1.40 bits per heavy atom. The molecule has 0 bridgehead atoms. The van der Waals surface area contributed by atoms with Crippen molar-refractivity contribution in [3.8, 4) is 0 Å². The van der Waals surface area contributed by atoms with E-state index in [0.717, 1.165) is 29.3 Å². The topological polar surface area (TPSA) is 17.1 Å². The van der Waals surface area contributed by atoms with Crippen molar-refractivity contribution in [2.75, 3.05) is 0 Å². The third kappa shape index (κ3) is 4.00. The molecule has 0 unspecified atom stereocenters. The van der Waals surface area contributed by atoms with Crippen LogP contribution in [0.2, 0.25) is 0 Å². The van der Waals surface area contributed by atoms with Crippen LogP contribution < -0.4 is 0 Å². The van der Waals surface area contributed by atoms with Gasteiger partial charge in [-0.15, -0.1) is 0 Å². The van der Waals surface area contributed by atoms with Crippen LogP contribution in [-0.4, -0.2) is 5.78 Å². The summed E-state index contributed by atoms with van der Waals surface area (Å²) in [6, 6.07) is 7.49. The van der Waals surface area contributed by atoms with Crippen LogP contribution >= 0.6 is 15.9 Å². The molecule has 2 heteroatoms. The summed E-state index contributed by atoms with van der Waals surface area (Å²) < 4.78 is 0.857. The van der Waals surface area contributed by atoms with Gasteiger partial charge in [0, 0.05) is 10.0 Å². The number of ketones is 1. The Labute approximate surface area is 99.3 Å². The highest BCUT2D eigenvalue weighted by atomic mass is 79.9. The fourth-order valence-electron chi connectivity index (χ4n) is 1.26. The lowest BCUT2D eigenvalue weighted by molar-refractivity contribution is 0.104. The van der Waals surface area contributed by atoms with E-state index >= 15 is 0 Å². The summed E-state index contributed by atoms with van der Waals surface area (Å²) in [5.74, 6) is 0.0681. The number of hydrogen-bond donors (Lipinski definition) is 0. The van der Waals surface area contributed by atoms with Crippen molar-refractivity contribution in [3.05, 3.63) is 46.5 Å². The molecular weight excluding hydrogens is 252 g/mol.